The van der Waals surface area contributed by atoms with E-state index in [-0.39, 0.29) is 18.0 Å². The number of rotatable bonds is 2. The molecule has 0 aromatic heterocycles. The third kappa shape index (κ3) is 1.93. The number of cyclic esters (lactones) is 1. The Morgan fingerprint density at radius 3 is 2.77 bits per heavy atom. The topological polar surface area (TPSA) is 61.8 Å². The lowest BCUT2D eigenvalue weighted by Crippen LogP contribution is -2.11. The molecule has 2 aliphatic heterocycles. The molecule has 3 atom stereocenters. The Morgan fingerprint density at radius 1 is 1.18 bits per heavy atom. The van der Waals surface area contributed by atoms with Crippen molar-refractivity contribution in [2.24, 2.45) is 5.92 Å². The van der Waals surface area contributed by atoms with Crippen molar-refractivity contribution in [2.75, 3.05) is 0 Å². The number of fused-ring (bicyclic) bond motifs is 3. The zero-order valence-electron chi connectivity index (χ0n) is 11.9. The number of carbonyl (C=O) groups excluding carboxylic acids is 2. The Morgan fingerprint density at radius 2 is 2.00 bits per heavy atom. The van der Waals surface area contributed by atoms with Gasteiger partial charge in [0.1, 0.15) is 6.10 Å². The predicted molar refractivity (Wildman–Crippen MR) is 75.3 cm³/mol. The standard InChI is InChI=1S/C17H14O5/c1-9-6-14(21-16(9)18)20-8-13-12-7-10-4-2-3-5-11(10)15(12)22-17(13)19/h2-6,8,12,14-15H,7H2,1H3/b13-8+/t12-,14-,15-/m1/s1. The number of esters is 2. The van der Waals surface area contributed by atoms with E-state index in [2.05, 4.69) is 0 Å². The first-order chi connectivity index (χ1) is 10.6. The lowest BCUT2D eigenvalue weighted by molar-refractivity contribution is -0.152. The summed E-state index contributed by atoms with van der Waals surface area (Å²) in [5, 5.41) is 0. The van der Waals surface area contributed by atoms with E-state index in [0.29, 0.717) is 11.1 Å². The number of hydrogen-bond donors (Lipinski definition) is 0. The van der Waals surface area contributed by atoms with Crippen LogP contribution >= 0.6 is 0 Å². The van der Waals surface area contributed by atoms with Crippen LogP contribution in [0.3, 0.4) is 0 Å². The van der Waals surface area contributed by atoms with Crippen LogP contribution in [0.25, 0.3) is 0 Å². The Bertz CT molecular complexity index is 730. The van der Waals surface area contributed by atoms with Crippen molar-refractivity contribution >= 4 is 11.9 Å². The molecule has 112 valence electrons. The highest BCUT2D eigenvalue weighted by Crippen LogP contribution is 2.47. The second-order valence-electron chi connectivity index (χ2n) is 5.67. The smallest absolute Gasteiger partial charge is 0.338 e. The molecule has 1 aromatic carbocycles. The first-order valence-electron chi connectivity index (χ1n) is 7.17. The van der Waals surface area contributed by atoms with Crippen molar-refractivity contribution in [3.05, 3.63) is 58.9 Å². The lowest BCUT2D eigenvalue weighted by Gasteiger charge is -2.09. The van der Waals surface area contributed by atoms with Crippen molar-refractivity contribution in [1.29, 1.82) is 0 Å². The van der Waals surface area contributed by atoms with Crippen LogP contribution in [0, 0.1) is 5.92 Å². The fourth-order valence-corrected chi connectivity index (χ4v) is 3.16. The van der Waals surface area contributed by atoms with Gasteiger partial charge in [-0.15, -0.1) is 0 Å². The third-order valence-corrected chi connectivity index (χ3v) is 4.30. The average Bonchev–Trinajstić information content (AvgIpc) is 3.10. The number of benzene rings is 1. The summed E-state index contributed by atoms with van der Waals surface area (Å²) in [5.74, 6) is -0.801. The van der Waals surface area contributed by atoms with E-state index >= 15 is 0 Å². The quantitative estimate of drug-likeness (QED) is 0.476. The molecule has 0 unspecified atom stereocenters. The highest BCUT2D eigenvalue weighted by atomic mass is 16.7. The van der Waals surface area contributed by atoms with Crippen LogP contribution in [0.15, 0.2) is 47.7 Å². The molecule has 5 heteroatoms. The third-order valence-electron chi connectivity index (χ3n) is 4.30. The number of carbonyl (C=O) groups is 2. The molecule has 0 radical (unpaired) electrons. The van der Waals surface area contributed by atoms with E-state index < -0.39 is 12.3 Å². The molecule has 1 aliphatic carbocycles. The molecule has 2 heterocycles. The van der Waals surface area contributed by atoms with Crippen molar-refractivity contribution < 1.29 is 23.8 Å². The summed E-state index contributed by atoms with van der Waals surface area (Å²) >= 11 is 0. The Kier molecular flexibility index (Phi) is 2.82. The molecule has 0 saturated carbocycles. The maximum Gasteiger partial charge on any atom is 0.338 e. The van der Waals surface area contributed by atoms with E-state index in [1.165, 1.54) is 11.8 Å². The Hall–Kier alpha value is -2.56. The monoisotopic (exact) mass is 298 g/mol. The lowest BCUT2D eigenvalue weighted by atomic mass is 9.98. The zero-order chi connectivity index (χ0) is 15.3. The van der Waals surface area contributed by atoms with E-state index in [4.69, 9.17) is 14.2 Å². The van der Waals surface area contributed by atoms with Crippen LogP contribution in [0.2, 0.25) is 0 Å². The SMILES string of the molecule is CC1=C[C@H](O/C=C2/C(=O)O[C@@H]3c4ccccc4C[C@H]23)OC1=O. The predicted octanol–water partition coefficient (Wildman–Crippen LogP) is 2.19. The van der Waals surface area contributed by atoms with E-state index in [0.717, 1.165) is 12.0 Å². The van der Waals surface area contributed by atoms with Gasteiger partial charge in [0.05, 0.1) is 11.8 Å². The maximum absolute atomic E-state index is 12.0. The fourth-order valence-electron chi connectivity index (χ4n) is 3.16. The summed E-state index contributed by atoms with van der Waals surface area (Å²) in [6, 6.07) is 7.96. The molecular formula is C17H14O5. The maximum atomic E-state index is 12.0. The van der Waals surface area contributed by atoms with Crippen molar-refractivity contribution in [1.82, 2.24) is 0 Å². The molecular weight excluding hydrogens is 284 g/mol. The first kappa shape index (κ1) is 13.1. The molecule has 1 fully saturated rings. The van der Waals surface area contributed by atoms with Crippen LogP contribution in [-0.4, -0.2) is 18.2 Å². The van der Waals surface area contributed by atoms with E-state index in [1.54, 1.807) is 13.0 Å². The highest BCUT2D eigenvalue weighted by Gasteiger charge is 2.46. The molecule has 1 aromatic rings. The summed E-state index contributed by atoms with van der Waals surface area (Å²) in [5.41, 5.74) is 3.25. The molecule has 5 nitrogen and oxygen atoms in total. The number of ether oxygens (including phenoxy) is 3. The van der Waals surface area contributed by atoms with Gasteiger partial charge in [-0.3, -0.25) is 0 Å². The van der Waals surface area contributed by atoms with Crippen LogP contribution in [-0.2, 0) is 30.2 Å². The first-order valence-corrected chi connectivity index (χ1v) is 7.17. The summed E-state index contributed by atoms with van der Waals surface area (Å²) in [4.78, 5) is 23.3. The molecule has 4 rings (SSSR count). The van der Waals surface area contributed by atoms with Gasteiger partial charge in [0, 0.05) is 17.6 Å². The van der Waals surface area contributed by atoms with Gasteiger partial charge in [0.2, 0.25) is 0 Å². The summed E-state index contributed by atoms with van der Waals surface area (Å²) < 4.78 is 15.9. The van der Waals surface area contributed by atoms with Crippen LogP contribution in [0.4, 0.5) is 0 Å². The van der Waals surface area contributed by atoms with Gasteiger partial charge in [-0.2, -0.15) is 0 Å². The van der Waals surface area contributed by atoms with Gasteiger partial charge in [0.15, 0.2) is 0 Å². The van der Waals surface area contributed by atoms with E-state index in [9.17, 15) is 9.59 Å². The molecule has 0 bridgehead atoms. The van der Waals surface area contributed by atoms with Crippen molar-refractivity contribution in [2.45, 2.75) is 25.7 Å². The second kappa shape index (κ2) is 4.73. The summed E-state index contributed by atoms with van der Waals surface area (Å²) in [7, 11) is 0. The summed E-state index contributed by atoms with van der Waals surface area (Å²) in [6.45, 7) is 1.66. The fraction of sp³-hybridized carbons (Fsp3) is 0.294. The molecule has 1 saturated heterocycles. The van der Waals surface area contributed by atoms with Gasteiger partial charge < -0.3 is 14.2 Å². The largest absolute Gasteiger partial charge is 0.458 e. The molecule has 22 heavy (non-hydrogen) atoms. The minimum absolute atomic E-state index is 0.0351. The Balaban J connectivity index is 1.55. The van der Waals surface area contributed by atoms with E-state index in [1.807, 2.05) is 24.3 Å². The zero-order valence-corrected chi connectivity index (χ0v) is 11.9. The van der Waals surface area contributed by atoms with Crippen LogP contribution < -0.4 is 0 Å². The Labute approximate surface area is 127 Å². The average molecular weight is 298 g/mol. The molecule has 0 amide bonds. The molecule has 0 N–H and O–H groups in total. The van der Waals surface area contributed by atoms with Crippen LogP contribution in [0.1, 0.15) is 24.2 Å². The normalized spacial score (nSPS) is 30.7. The summed E-state index contributed by atoms with van der Waals surface area (Å²) in [6.07, 6.45) is 2.71. The minimum atomic E-state index is -0.768. The van der Waals surface area contributed by atoms with Gasteiger partial charge in [-0.25, -0.2) is 9.59 Å². The minimum Gasteiger partial charge on any atom is -0.458 e. The van der Waals surface area contributed by atoms with Crippen LogP contribution in [0.5, 0.6) is 0 Å². The second-order valence-corrected chi connectivity index (χ2v) is 5.67. The van der Waals surface area contributed by atoms with Crippen molar-refractivity contribution in [3.63, 3.8) is 0 Å². The van der Waals surface area contributed by atoms with Gasteiger partial charge in [-0.05, 0) is 24.5 Å². The molecule has 3 aliphatic rings. The van der Waals surface area contributed by atoms with Gasteiger partial charge in [-0.1, -0.05) is 24.3 Å². The number of hydrogen-bond acceptors (Lipinski definition) is 5. The van der Waals surface area contributed by atoms with Gasteiger partial charge in [0.25, 0.3) is 6.29 Å². The molecule has 0 spiro atoms. The highest BCUT2D eigenvalue weighted by molar-refractivity contribution is 5.92. The van der Waals surface area contributed by atoms with Crippen molar-refractivity contribution in [3.8, 4) is 0 Å². The van der Waals surface area contributed by atoms with Gasteiger partial charge >= 0.3 is 11.9 Å².